The van der Waals surface area contributed by atoms with E-state index in [0.29, 0.717) is 11.0 Å². The summed E-state index contributed by atoms with van der Waals surface area (Å²) in [5.41, 5.74) is 0.0133. The van der Waals surface area contributed by atoms with Gasteiger partial charge in [-0.05, 0) is 31.9 Å². The van der Waals surface area contributed by atoms with Crippen molar-refractivity contribution < 1.29 is 4.79 Å². The Morgan fingerprint density at radius 1 is 1.32 bits per heavy atom. The van der Waals surface area contributed by atoms with Crippen LogP contribution in [0.15, 0.2) is 29.7 Å². The number of carbonyl (C=O) groups is 1. The van der Waals surface area contributed by atoms with Gasteiger partial charge in [0.1, 0.15) is 5.54 Å². The Balaban J connectivity index is 2.11. The molecule has 8 heteroatoms. The zero-order valence-corrected chi connectivity index (χ0v) is 15.8. The SMILES string of the molecule is CC(C)[C@](C)(C#N)NC(=O)[C@H](C)Sc1nnc(-c2ccncc2)n1C. The summed E-state index contributed by atoms with van der Waals surface area (Å²) in [4.78, 5) is 16.5. The molecule has 2 aromatic rings. The minimum Gasteiger partial charge on any atom is -0.337 e. The highest BCUT2D eigenvalue weighted by atomic mass is 32.2. The molecular formula is C17H22N6OS. The number of thioether (sulfide) groups is 1. The highest BCUT2D eigenvalue weighted by molar-refractivity contribution is 8.00. The van der Waals surface area contributed by atoms with Crippen molar-refractivity contribution >= 4 is 17.7 Å². The summed E-state index contributed by atoms with van der Waals surface area (Å²) in [6.45, 7) is 7.34. The van der Waals surface area contributed by atoms with Gasteiger partial charge in [-0.3, -0.25) is 9.78 Å². The van der Waals surface area contributed by atoms with E-state index in [2.05, 4.69) is 26.6 Å². The van der Waals surface area contributed by atoms with Crippen molar-refractivity contribution in [3.05, 3.63) is 24.5 Å². The van der Waals surface area contributed by atoms with Crippen molar-refractivity contribution in [2.45, 2.75) is 43.6 Å². The highest BCUT2D eigenvalue weighted by Crippen LogP contribution is 2.26. The fourth-order valence-corrected chi connectivity index (χ4v) is 2.86. The summed E-state index contributed by atoms with van der Waals surface area (Å²) in [5.74, 6) is 0.518. The number of pyridine rings is 1. The number of amides is 1. The van der Waals surface area contributed by atoms with Crippen LogP contribution in [0.3, 0.4) is 0 Å². The van der Waals surface area contributed by atoms with Gasteiger partial charge < -0.3 is 9.88 Å². The average molecular weight is 358 g/mol. The Labute approximate surface area is 151 Å². The van der Waals surface area contributed by atoms with Gasteiger partial charge in [0.05, 0.1) is 11.3 Å². The first-order chi connectivity index (χ1) is 11.8. The van der Waals surface area contributed by atoms with E-state index >= 15 is 0 Å². The lowest BCUT2D eigenvalue weighted by Gasteiger charge is -2.28. The summed E-state index contributed by atoms with van der Waals surface area (Å²) in [6.07, 6.45) is 3.39. The lowest BCUT2D eigenvalue weighted by Crippen LogP contribution is -2.51. The monoisotopic (exact) mass is 358 g/mol. The summed E-state index contributed by atoms with van der Waals surface area (Å²) in [7, 11) is 1.86. The molecule has 1 N–H and O–H groups in total. The van der Waals surface area contributed by atoms with E-state index in [-0.39, 0.29) is 11.8 Å². The Kier molecular flexibility index (Phi) is 5.80. The van der Waals surface area contributed by atoms with E-state index < -0.39 is 10.8 Å². The van der Waals surface area contributed by atoms with Crippen molar-refractivity contribution in [3.63, 3.8) is 0 Å². The molecule has 2 atom stereocenters. The summed E-state index contributed by atoms with van der Waals surface area (Å²) >= 11 is 1.31. The van der Waals surface area contributed by atoms with Crippen LogP contribution < -0.4 is 5.32 Å². The van der Waals surface area contributed by atoms with Gasteiger partial charge in [-0.25, -0.2) is 0 Å². The quantitative estimate of drug-likeness (QED) is 0.797. The summed E-state index contributed by atoms with van der Waals surface area (Å²) < 4.78 is 1.84. The second-order valence-corrected chi connectivity index (χ2v) is 7.63. The van der Waals surface area contributed by atoms with E-state index in [9.17, 15) is 10.1 Å². The predicted molar refractivity (Wildman–Crippen MR) is 96.6 cm³/mol. The fraction of sp³-hybridized carbons (Fsp3) is 0.471. The number of carbonyl (C=O) groups excluding carboxylic acids is 1. The smallest absolute Gasteiger partial charge is 0.234 e. The molecule has 0 aromatic carbocycles. The van der Waals surface area contributed by atoms with Crippen LogP contribution in [0.2, 0.25) is 0 Å². The third kappa shape index (κ3) is 4.17. The van der Waals surface area contributed by atoms with Gasteiger partial charge in [0.2, 0.25) is 5.91 Å². The summed E-state index contributed by atoms with van der Waals surface area (Å²) in [5, 5.41) is 20.8. The molecule has 2 aromatic heterocycles. The molecule has 0 aliphatic heterocycles. The number of nitrogens with one attached hydrogen (secondary N) is 1. The Morgan fingerprint density at radius 3 is 2.52 bits per heavy atom. The molecule has 0 unspecified atom stereocenters. The van der Waals surface area contributed by atoms with Crippen molar-refractivity contribution in [3.8, 4) is 17.5 Å². The van der Waals surface area contributed by atoms with Crippen molar-refractivity contribution in [2.24, 2.45) is 13.0 Å². The molecule has 132 valence electrons. The Bertz CT molecular complexity index is 782. The van der Waals surface area contributed by atoms with E-state index in [1.54, 1.807) is 26.2 Å². The first-order valence-electron chi connectivity index (χ1n) is 7.98. The van der Waals surface area contributed by atoms with E-state index in [1.807, 2.05) is 37.6 Å². The molecule has 2 rings (SSSR count). The number of hydrogen-bond donors (Lipinski definition) is 1. The molecule has 0 saturated carbocycles. The topological polar surface area (TPSA) is 96.5 Å². The molecule has 0 aliphatic rings. The van der Waals surface area contributed by atoms with Gasteiger partial charge in [-0.15, -0.1) is 10.2 Å². The second kappa shape index (κ2) is 7.66. The molecule has 0 aliphatic carbocycles. The van der Waals surface area contributed by atoms with Crippen molar-refractivity contribution in [1.82, 2.24) is 25.1 Å². The first-order valence-corrected chi connectivity index (χ1v) is 8.86. The molecule has 2 heterocycles. The van der Waals surface area contributed by atoms with Crippen LogP contribution in [-0.4, -0.2) is 36.4 Å². The van der Waals surface area contributed by atoms with E-state index in [1.165, 1.54) is 11.8 Å². The third-order valence-corrected chi connectivity index (χ3v) is 5.33. The highest BCUT2D eigenvalue weighted by Gasteiger charge is 2.32. The Hall–Kier alpha value is -2.40. The second-order valence-electron chi connectivity index (χ2n) is 6.32. The van der Waals surface area contributed by atoms with E-state index in [0.717, 1.165) is 5.56 Å². The molecule has 7 nitrogen and oxygen atoms in total. The van der Waals surface area contributed by atoms with Crippen molar-refractivity contribution in [2.75, 3.05) is 0 Å². The van der Waals surface area contributed by atoms with Gasteiger partial charge >= 0.3 is 0 Å². The lowest BCUT2D eigenvalue weighted by atomic mass is 9.90. The van der Waals surface area contributed by atoms with Gasteiger partial charge in [0.15, 0.2) is 11.0 Å². The number of hydrogen-bond acceptors (Lipinski definition) is 6. The van der Waals surface area contributed by atoms with Gasteiger partial charge in [0, 0.05) is 25.0 Å². The Morgan fingerprint density at radius 2 is 1.96 bits per heavy atom. The maximum atomic E-state index is 12.5. The molecule has 1 amide bonds. The summed E-state index contributed by atoms with van der Waals surface area (Å²) in [6, 6.07) is 5.90. The average Bonchev–Trinajstić information content (AvgIpc) is 2.96. The van der Waals surface area contributed by atoms with Gasteiger partial charge in [-0.1, -0.05) is 25.6 Å². The molecule has 0 radical (unpaired) electrons. The van der Waals surface area contributed by atoms with Crippen LogP contribution in [0, 0.1) is 17.2 Å². The van der Waals surface area contributed by atoms with Crippen LogP contribution >= 0.6 is 11.8 Å². The van der Waals surface area contributed by atoms with Crippen LogP contribution in [0.4, 0.5) is 0 Å². The predicted octanol–water partition coefficient (Wildman–Crippen LogP) is 2.41. The van der Waals surface area contributed by atoms with Crippen LogP contribution in [0.25, 0.3) is 11.4 Å². The number of rotatable bonds is 6. The fourth-order valence-electron chi connectivity index (χ4n) is 2.04. The molecular weight excluding hydrogens is 336 g/mol. The molecule has 25 heavy (non-hydrogen) atoms. The van der Waals surface area contributed by atoms with E-state index in [4.69, 9.17) is 0 Å². The normalized spacial score (nSPS) is 14.6. The molecule has 0 bridgehead atoms. The van der Waals surface area contributed by atoms with Crippen LogP contribution in [0.5, 0.6) is 0 Å². The maximum Gasteiger partial charge on any atom is 0.234 e. The third-order valence-electron chi connectivity index (χ3n) is 4.19. The van der Waals surface area contributed by atoms with Crippen LogP contribution in [-0.2, 0) is 11.8 Å². The first kappa shape index (κ1) is 18.9. The number of nitrogens with zero attached hydrogens (tertiary/aromatic N) is 5. The van der Waals surface area contributed by atoms with Gasteiger partial charge in [-0.2, -0.15) is 5.26 Å². The molecule has 0 spiro atoms. The zero-order valence-electron chi connectivity index (χ0n) is 15.0. The standard InChI is InChI=1S/C17H22N6OS/c1-11(2)17(4,10-18)20-15(24)12(3)25-16-22-21-14(23(16)5)13-6-8-19-9-7-13/h6-9,11-12H,1-5H3,(H,20,24)/t12-,17-/m0/s1. The minimum absolute atomic E-state index is 0.00627. The molecule has 0 fully saturated rings. The molecule has 0 saturated heterocycles. The van der Waals surface area contributed by atoms with Crippen molar-refractivity contribution in [1.29, 1.82) is 5.26 Å². The minimum atomic E-state index is -0.895. The zero-order chi connectivity index (χ0) is 18.6. The number of aromatic nitrogens is 4. The number of nitriles is 1. The lowest BCUT2D eigenvalue weighted by molar-refractivity contribution is -0.121. The van der Waals surface area contributed by atoms with Crippen LogP contribution in [0.1, 0.15) is 27.7 Å². The maximum absolute atomic E-state index is 12.5. The largest absolute Gasteiger partial charge is 0.337 e. The van der Waals surface area contributed by atoms with Gasteiger partial charge in [0.25, 0.3) is 0 Å².